The smallest absolute Gasteiger partial charge is 0.321 e. The molecule has 1 aliphatic rings. The Bertz CT molecular complexity index is 654. The average Bonchev–Trinajstić information content (AvgIpc) is 2.88. The first-order valence-electron chi connectivity index (χ1n) is 6.36. The van der Waals surface area contributed by atoms with E-state index in [0.717, 1.165) is 6.26 Å². The molecular formula is C13H16N2O5S. The molecule has 114 valence electrons. The van der Waals surface area contributed by atoms with Gasteiger partial charge in [0.1, 0.15) is 0 Å². The van der Waals surface area contributed by atoms with Crippen LogP contribution in [0, 0.1) is 5.92 Å². The summed E-state index contributed by atoms with van der Waals surface area (Å²) in [4.78, 5) is 24.4. The van der Waals surface area contributed by atoms with E-state index in [9.17, 15) is 18.0 Å². The zero-order valence-electron chi connectivity index (χ0n) is 11.4. The fourth-order valence-electron chi connectivity index (χ4n) is 2.13. The lowest BCUT2D eigenvalue weighted by Gasteiger charge is -2.16. The van der Waals surface area contributed by atoms with Gasteiger partial charge in [-0.25, -0.2) is 13.2 Å². The number of hydrogen-bond acceptors (Lipinski definition) is 4. The maximum Gasteiger partial charge on any atom is 0.321 e. The van der Waals surface area contributed by atoms with Crippen molar-refractivity contribution >= 4 is 27.5 Å². The van der Waals surface area contributed by atoms with Gasteiger partial charge in [-0.05, 0) is 30.7 Å². The second-order valence-electron chi connectivity index (χ2n) is 5.00. The highest BCUT2D eigenvalue weighted by atomic mass is 32.2. The number of aliphatic carboxylic acids is 1. The molecule has 1 unspecified atom stereocenters. The van der Waals surface area contributed by atoms with Gasteiger partial charge in [0.2, 0.25) is 0 Å². The van der Waals surface area contributed by atoms with Gasteiger partial charge in [0, 0.05) is 25.0 Å². The third kappa shape index (κ3) is 3.72. The zero-order valence-corrected chi connectivity index (χ0v) is 12.3. The van der Waals surface area contributed by atoms with Gasteiger partial charge in [0.05, 0.1) is 10.8 Å². The lowest BCUT2D eigenvalue weighted by Crippen LogP contribution is -2.33. The standard InChI is InChI=1S/C13H16N2O5S/c1-21(19,20)11-4-2-10(3-5-11)14-13(18)15-7-6-9(8-15)12(16)17/h2-5,9H,6-8H2,1H3,(H,14,18)(H,16,17). The van der Waals surface area contributed by atoms with E-state index in [1.54, 1.807) is 0 Å². The number of nitrogens with one attached hydrogen (secondary N) is 1. The first-order valence-corrected chi connectivity index (χ1v) is 8.25. The van der Waals surface area contributed by atoms with Gasteiger partial charge in [-0.2, -0.15) is 0 Å². The van der Waals surface area contributed by atoms with Crippen molar-refractivity contribution in [3.8, 4) is 0 Å². The number of nitrogens with zero attached hydrogens (tertiary/aromatic N) is 1. The fourth-order valence-corrected chi connectivity index (χ4v) is 2.76. The molecule has 0 saturated carbocycles. The van der Waals surface area contributed by atoms with Crippen molar-refractivity contribution in [2.75, 3.05) is 24.7 Å². The molecule has 7 nitrogen and oxygen atoms in total. The van der Waals surface area contributed by atoms with Crippen molar-refractivity contribution in [1.29, 1.82) is 0 Å². The van der Waals surface area contributed by atoms with Crippen LogP contribution >= 0.6 is 0 Å². The summed E-state index contributed by atoms with van der Waals surface area (Å²) in [7, 11) is -3.27. The first-order chi connectivity index (χ1) is 9.77. The third-order valence-corrected chi connectivity index (χ3v) is 4.49. The minimum atomic E-state index is -3.27. The number of amides is 2. The van der Waals surface area contributed by atoms with Crippen molar-refractivity contribution in [3.05, 3.63) is 24.3 Å². The summed E-state index contributed by atoms with van der Waals surface area (Å²) in [6.45, 7) is 0.576. The Kier molecular flexibility index (Phi) is 4.17. The second-order valence-corrected chi connectivity index (χ2v) is 7.01. The molecule has 21 heavy (non-hydrogen) atoms. The number of sulfone groups is 1. The summed E-state index contributed by atoms with van der Waals surface area (Å²) in [6, 6.07) is 5.44. The van der Waals surface area contributed by atoms with Crippen molar-refractivity contribution in [2.45, 2.75) is 11.3 Å². The monoisotopic (exact) mass is 312 g/mol. The highest BCUT2D eigenvalue weighted by Gasteiger charge is 2.30. The van der Waals surface area contributed by atoms with E-state index in [1.165, 1.54) is 29.2 Å². The maximum absolute atomic E-state index is 12.0. The van der Waals surface area contributed by atoms with Gasteiger partial charge in [0.25, 0.3) is 0 Å². The second kappa shape index (κ2) is 5.72. The summed E-state index contributed by atoms with van der Waals surface area (Å²) >= 11 is 0. The molecule has 2 rings (SSSR count). The van der Waals surface area contributed by atoms with Crippen molar-refractivity contribution in [3.63, 3.8) is 0 Å². The number of benzene rings is 1. The molecule has 1 atom stereocenters. The summed E-state index contributed by atoms with van der Waals surface area (Å²) in [5.41, 5.74) is 0.464. The number of rotatable bonds is 3. The van der Waals surface area contributed by atoms with Gasteiger partial charge in [-0.1, -0.05) is 0 Å². The van der Waals surface area contributed by atoms with Crippen LogP contribution in [0.15, 0.2) is 29.2 Å². The number of carbonyl (C=O) groups excluding carboxylic acids is 1. The molecule has 0 spiro atoms. The number of anilines is 1. The predicted molar refractivity (Wildman–Crippen MR) is 75.9 cm³/mol. The minimum Gasteiger partial charge on any atom is -0.481 e. The van der Waals surface area contributed by atoms with Crippen LogP contribution < -0.4 is 5.32 Å². The summed E-state index contributed by atoms with van der Waals surface area (Å²) in [5.74, 6) is -1.42. The molecular weight excluding hydrogens is 296 g/mol. The molecule has 2 N–H and O–H groups in total. The van der Waals surface area contributed by atoms with E-state index in [-0.39, 0.29) is 17.5 Å². The van der Waals surface area contributed by atoms with Crippen LogP contribution in [0.2, 0.25) is 0 Å². The van der Waals surface area contributed by atoms with E-state index < -0.39 is 21.7 Å². The van der Waals surface area contributed by atoms with Crippen LogP contribution in [0.25, 0.3) is 0 Å². The van der Waals surface area contributed by atoms with Crippen molar-refractivity contribution in [2.24, 2.45) is 5.92 Å². The molecule has 2 amide bonds. The summed E-state index contributed by atoms with van der Waals surface area (Å²) in [5, 5.41) is 11.5. The van der Waals surface area contributed by atoms with Gasteiger partial charge >= 0.3 is 12.0 Å². The Balaban J connectivity index is 1.99. The number of carboxylic acids is 1. The molecule has 1 aromatic rings. The fraction of sp³-hybridized carbons (Fsp3) is 0.385. The minimum absolute atomic E-state index is 0.174. The molecule has 1 aromatic carbocycles. The number of urea groups is 1. The van der Waals surface area contributed by atoms with E-state index in [0.29, 0.717) is 18.7 Å². The largest absolute Gasteiger partial charge is 0.481 e. The predicted octanol–water partition coefficient (Wildman–Crippen LogP) is 1.03. The highest BCUT2D eigenvalue weighted by Crippen LogP contribution is 2.19. The molecule has 0 aliphatic carbocycles. The van der Waals surface area contributed by atoms with E-state index in [1.807, 2.05) is 0 Å². The van der Waals surface area contributed by atoms with Crippen molar-refractivity contribution in [1.82, 2.24) is 4.90 Å². The first kappa shape index (κ1) is 15.3. The molecule has 1 fully saturated rings. The third-order valence-electron chi connectivity index (χ3n) is 3.36. The highest BCUT2D eigenvalue weighted by molar-refractivity contribution is 7.90. The van der Waals surface area contributed by atoms with Crippen LogP contribution in [-0.4, -0.2) is 49.8 Å². The number of likely N-dealkylation sites (tertiary alicyclic amines) is 1. The Labute approximate surface area is 122 Å². The van der Waals surface area contributed by atoms with Gasteiger partial charge in [-0.15, -0.1) is 0 Å². The van der Waals surface area contributed by atoms with Crippen LogP contribution in [0.3, 0.4) is 0 Å². The summed E-state index contributed by atoms with van der Waals surface area (Å²) < 4.78 is 22.6. The van der Waals surface area contributed by atoms with E-state index >= 15 is 0 Å². The quantitative estimate of drug-likeness (QED) is 0.867. The average molecular weight is 312 g/mol. The van der Waals surface area contributed by atoms with Crippen molar-refractivity contribution < 1.29 is 23.1 Å². The van der Waals surface area contributed by atoms with Crippen LogP contribution in [0.1, 0.15) is 6.42 Å². The molecule has 8 heteroatoms. The van der Waals surface area contributed by atoms with Crippen LogP contribution in [0.4, 0.5) is 10.5 Å². The Morgan fingerprint density at radius 3 is 2.38 bits per heavy atom. The Hall–Kier alpha value is -2.09. The van der Waals surface area contributed by atoms with E-state index in [2.05, 4.69) is 5.32 Å². The SMILES string of the molecule is CS(=O)(=O)c1ccc(NC(=O)N2CCC(C(=O)O)C2)cc1. The Morgan fingerprint density at radius 2 is 1.90 bits per heavy atom. The van der Waals surface area contributed by atoms with Gasteiger partial charge < -0.3 is 15.3 Å². The molecule has 0 aromatic heterocycles. The molecule has 1 heterocycles. The maximum atomic E-state index is 12.0. The molecule has 1 saturated heterocycles. The van der Waals surface area contributed by atoms with Gasteiger partial charge in [-0.3, -0.25) is 4.79 Å². The van der Waals surface area contributed by atoms with Crippen LogP contribution in [0.5, 0.6) is 0 Å². The summed E-state index contributed by atoms with van der Waals surface area (Å²) in [6.07, 6.45) is 1.55. The normalized spacial score (nSPS) is 18.5. The Morgan fingerprint density at radius 1 is 1.29 bits per heavy atom. The number of carboxylic acid groups (broad SMARTS) is 1. The van der Waals surface area contributed by atoms with E-state index in [4.69, 9.17) is 5.11 Å². The molecule has 0 bridgehead atoms. The number of hydrogen-bond donors (Lipinski definition) is 2. The number of carbonyl (C=O) groups is 2. The van der Waals surface area contributed by atoms with Gasteiger partial charge in [0.15, 0.2) is 9.84 Å². The van der Waals surface area contributed by atoms with Crippen LogP contribution in [-0.2, 0) is 14.6 Å². The topological polar surface area (TPSA) is 104 Å². The lowest BCUT2D eigenvalue weighted by molar-refractivity contribution is -0.141. The molecule has 0 radical (unpaired) electrons. The molecule has 1 aliphatic heterocycles. The zero-order chi connectivity index (χ0) is 15.6. The lowest BCUT2D eigenvalue weighted by atomic mass is 10.1.